The van der Waals surface area contributed by atoms with Gasteiger partial charge in [-0.05, 0) is 25.6 Å². The quantitative estimate of drug-likeness (QED) is 0.838. The van der Waals surface area contributed by atoms with Crippen molar-refractivity contribution in [2.24, 2.45) is 5.41 Å². The van der Waals surface area contributed by atoms with Gasteiger partial charge in [-0.1, -0.05) is 26.8 Å². The lowest BCUT2D eigenvalue weighted by atomic mass is 9.95. The first kappa shape index (κ1) is 17.8. The van der Waals surface area contributed by atoms with Crippen LogP contribution in [0.15, 0.2) is 18.2 Å². The Kier molecular flexibility index (Phi) is 6.49. The number of hydrogen-bond acceptors (Lipinski definition) is 4. The SMILES string of the molecule is CNC(CN(C)CC(C)(C)C)c1ccc(OC)cc1OC. The summed E-state index contributed by atoms with van der Waals surface area (Å²) in [6, 6.07) is 6.21. The fourth-order valence-corrected chi connectivity index (χ4v) is 2.64. The predicted molar refractivity (Wildman–Crippen MR) is 88.3 cm³/mol. The summed E-state index contributed by atoms with van der Waals surface area (Å²) in [4.78, 5) is 2.35. The molecule has 1 unspecified atom stereocenters. The lowest BCUT2D eigenvalue weighted by Gasteiger charge is -2.30. The van der Waals surface area contributed by atoms with Crippen LogP contribution in [0.25, 0.3) is 0 Å². The lowest BCUT2D eigenvalue weighted by molar-refractivity contribution is 0.209. The molecule has 21 heavy (non-hydrogen) atoms. The summed E-state index contributed by atoms with van der Waals surface area (Å²) in [5.74, 6) is 1.67. The van der Waals surface area contributed by atoms with E-state index in [-0.39, 0.29) is 11.5 Å². The summed E-state index contributed by atoms with van der Waals surface area (Å²) < 4.78 is 10.8. The molecule has 0 aliphatic carbocycles. The van der Waals surface area contributed by atoms with Crippen LogP contribution in [-0.4, -0.2) is 46.3 Å². The zero-order valence-electron chi connectivity index (χ0n) is 14.5. The maximum absolute atomic E-state index is 5.51. The third-order valence-electron chi connectivity index (χ3n) is 3.40. The Morgan fingerprint density at radius 2 is 1.86 bits per heavy atom. The fourth-order valence-electron chi connectivity index (χ4n) is 2.64. The van der Waals surface area contributed by atoms with Crippen LogP contribution in [-0.2, 0) is 0 Å². The molecule has 0 fully saturated rings. The van der Waals surface area contributed by atoms with Gasteiger partial charge >= 0.3 is 0 Å². The summed E-state index contributed by atoms with van der Waals surface area (Å²) in [6.45, 7) is 8.74. The molecule has 0 bridgehead atoms. The van der Waals surface area contributed by atoms with E-state index in [2.05, 4.69) is 44.1 Å². The largest absolute Gasteiger partial charge is 0.497 e. The lowest BCUT2D eigenvalue weighted by Crippen LogP contribution is -2.36. The van der Waals surface area contributed by atoms with Gasteiger partial charge in [0.1, 0.15) is 11.5 Å². The molecule has 0 spiro atoms. The number of nitrogens with zero attached hydrogens (tertiary/aromatic N) is 1. The van der Waals surface area contributed by atoms with Gasteiger partial charge in [0.05, 0.1) is 14.2 Å². The summed E-state index contributed by atoms with van der Waals surface area (Å²) in [6.07, 6.45) is 0. The summed E-state index contributed by atoms with van der Waals surface area (Å²) in [5, 5.41) is 3.38. The molecule has 1 aromatic rings. The van der Waals surface area contributed by atoms with Gasteiger partial charge in [0.15, 0.2) is 0 Å². The first-order valence-electron chi connectivity index (χ1n) is 7.38. The molecule has 0 saturated carbocycles. The Morgan fingerprint density at radius 1 is 1.19 bits per heavy atom. The number of likely N-dealkylation sites (N-methyl/N-ethyl adjacent to an activating group) is 2. The topological polar surface area (TPSA) is 33.7 Å². The van der Waals surface area contributed by atoms with Crippen molar-refractivity contribution in [2.45, 2.75) is 26.8 Å². The van der Waals surface area contributed by atoms with Gasteiger partial charge in [-0.3, -0.25) is 0 Å². The highest BCUT2D eigenvalue weighted by molar-refractivity contribution is 5.42. The van der Waals surface area contributed by atoms with E-state index in [9.17, 15) is 0 Å². The molecule has 0 saturated heterocycles. The van der Waals surface area contributed by atoms with E-state index in [1.54, 1.807) is 14.2 Å². The molecule has 1 aromatic carbocycles. The Labute approximate surface area is 129 Å². The van der Waals surface area contributed by atoms with Crippen LogP contribution in [0, 0.1) is 5.41 Å². The Morgan fingerprint density at radius 3 is 2.33 bits per heavy atom. The standard InChI is InChI=1S/C17H30N2O2/c1-17(2,3)12-19(5)11-15(18-4)14-9-8-13(20-6)10-16(14)21-7/h8-10,15,18H,11-12H2,1-7H3. The van der Waals surface area contributed by atoms with Crippen molar-refractivity contribution < 1.29 is 9.47 Å². The van der Waals surface area contributed by atoms with Crippen molar-refractivity contribution in [3.8, 4) is 11.5 Å². The number of ether oxygens (including phenoxy) is 2. The highest BCUT2D eigenvalue weighted by Crippen LogP contribution is 2.30. The van der Waals surface area contributed by atoms with Gasteiger partial charge in [0.25, 0.3) is 0 Å². The molecule has 0 aromatic heterocycles. The minimum Gasteiger partial charge on any atom is -0.497 e. The minimum absolute atomic E-state index is 0.221. The van der Waals surface area contributed by atoms with Gasteiger partial charge in [-0.25, -0.2) is 0 Å². The summed E-state index contributed by atoms with van der Waals surface area (Å²) in [7, 11) is 7.51. The number of rotatable bonds is 7. The second-order valence-corrected chi connectivity index (χ2v) is 6.71. The van der Waals surface area contributed by atoms with Crippen molar-refractivity contribution >= 4 is 0 Å². The van der Waals surface area contributed by atoms with Crippen LogP contribution in [0.5, 0.6) is 11.5 Å². The molecule has 0 radical (unpaired) electrons. The first-order valence-corrected chi connectivity index (χ1v) is 7.38. The van der Waals surface area contributed by atoms with E-state index in [1.807, 2.05) is 19.2 Å². The Bertz CT molecular complexity index is 441. The third-order valence-corrected chi connectivity index (χ3v) is 3.40. The van der Waals surface area contributed by atoms with Crippen LogP contribution in [0.3, 0.4) is 0 Å². The van der Waals surface area contributed by atoms with Crippen molar-refractivity contribution in [3.05, 3.63) is 23.8 Å². The molecule has 0 amide bonds. The van der Waals surface area contributed by atoms with Gasteiger partial charge in [0.2, 0.25) is 0 Å². The summed E-state index contributed by atoms with van der Waals surface area (Å²) in [5.41, 5.74) is 1.44. The second kappa shape index (κ2) is 7.66. The van der Waals surface area contributed by atoms with E-state index >= 15 is 0 Å². The fraction of sp³-hybridized carbons (Fsp3) is 0.647. The monoisotopic (exact) mass is 294 g/mol. The zero-order chi connectivity index (χ0) is 16.0. The van der Waals surface area contributed by atoms with E-state index in [0.29, 0.717) is 0 Å². The molecule has 1 rings (SSSR count). The van der Waals surface area contributed by atoms with Crippen LogP contribution < -0.4 is 14.8 Å². The maximum Gasteiger partial charge on any atom is 0.127 e. The van der Waals surface area contributed by atoms with Crippen molar-refractivity contribution in [1.82, 2.24) is 10.2 Å². The third kappa shape index (κ3) is 5.56. The van der Waals surface area contributed by atoms with Gasteiger partial charge in [0, 0.05) is 30.8 Å². The maximum atomic E-state index is 5.51. The molecule has 0 heterocycles. The first-order chi connectivity index (χ1) is 9.80. The van der Waals surface area contributed by atoms with E-state index in [0.717, 1.165) is 30.2 Å². The Hall–Kier alpha value is -1.26. The van der Waals surface area contributed by atoms with Crippen LogP contribution in [0.1, 0.15) is 32.4 Å². The smallest absolute Gasteiger partial charge is 0.127 e. The molecule has 1 N–H and O–H groups in total. The highest BCUT2D eigenvalue weighted by Gasteiger charge is 2.20. The van der Waals surface area contributed by atoms with E-state index in [1.165, 1.54) is 0 Å². The molecule has 1 atom stereocenters. The molecule has 0 aliphatic rings. The molecular formula is C17H30N2O2. The minimum atomic E-state index is 0.221. The average Bonchev–Trinajstić information content (AvgIpc) is 2.42. The average molecular weight is 294 g/mol. The molecule has 0 aliphatic heterocycles. The van der Waals surface area contributed by atoms with Gasteiger partial charge in [-0.2, -0.15) is 0 Å². The normalized spacial score (nSPS) is 13.3. The number of methoxy groups -OCH3 is 2. The van der Waals surface area contributed by atoms with Crippen LogP contribution in [0.4, 0.5) is 0 Å². The summed E-state index contributed by atoms with van der Waals surface area (Å²) >= 11 is 0. The van der Waals surface area contributed by atoms with Crippen molar-refractivity contribution in [2.75, 3.05) is 41.4 Å². The highest BCUT2D eigenvalue weighted by atomic mass is 16.5. The number of nitrogens with one attached hydrogen (secondary N) is 1. The van der Waals surface area contributed by atoms with Crippen molar-refractivity contribution in [1.29, 1.82) is 0 Å². The van der Waals surface area contributed by atoms with E-state index in [4.69, 9.17) is 9.47 Å². The van der Waals surface area contributed by atoms with Crippen LogP contribution in [0.2, 0.25) is 0 Å². The predicted octanol–water partition coefficient (Wildman–Crippen LogP) is 2.94. The van der Waals surface area contributed by atoms with Crippen LogP contribution >= 0.6 is 0 Å². The molecular weight excluding hydrogens is 264 g/mol. The zero-order valence-corrected chi connectivity index (χ0v) is 14.5. The molecule has 120 valence electrons. The second-order valence-electron chi connectivity index (χ2n) is 6.71. The van der Waals surface area contributed by atoms with E-state index < -0.39 is 0 Å². The molecule has 4 nitrogen and oxygen atoms in total. The van der Waals surface area contributed by atoms with Gasteiger partial charge < -0.3 is 19.7 Å². The number of hydrogen-bond donors (Lipinski definition) is 1. The number of benzene rings is 1. The molecule has 4 heteroatoms. The van der Waals surface area contributed by atoms with Crippen molar-refractivity contribution in [3.63, 3.8) is 0 Å². The Balaban J connectivity index is 2.89. The van der Waals surface area contributed by atoms with Gasteiger partial charge in [-0.15, -0.1) is 0 Å².